The molecule has 14 heteroatoms. The summed E-state index contributed by atoms with van der Waals surface area (Å²) in [5.41, 5.74) is 10.6. The minimum absolute atomic E-state index is 0.0231. The summed E-state index contributed by atoms with van der Waals surface area (Å²) < 4.78 is 20.3. The lowest BCUT2D eigenvalue weighted by Gasteiger charge is -2.22. The lowest BCUT2D eigenvalue weighted by atomic mass is 10.0. The fourth-order valence-electron chi connectivity index (χ4n) is 2.13. The standard InChI is InChI=1S/C15H26N4O7.C4H6O2S/c1-7(2)5-10(15(25)26)19-14(24)9(6-11(17)20)18-13(23)8(16)3-4-12(21)22;1-3-7(5,6)4-2/h7-10H,3-6,16H2,1-2H3,(H2,17,20)(H,18,23)(H,19,24)(H,21,22)(H,25,26);3-4H,1-2H2/t8-,9-,10-;/m0./s1. The van der Waals surface area contributed by atoms with Gasteiger partial charge in [-0.3, -0.25) is 19.2 Å². The van der Waals surface area contributed by atoms with Gasteiger partial charge in [-0.15, -0.1) is 0 Å². The minimum atomic E-state index is -3.13. The summed E-state index contributed by atoms with van der Waals surface area (Å²) in [6.07, 6.45) is -0.929. The molecule has 188 valence electrons. The predicted molar refractivity (Wildman–Crippen MR) is 119 cm³/mol. The van der Waals surface area contributed by atoms with E-state index in [2.05, 4.69) is 23.8 Å². The van der Waals surface area contributed by atoms with Gasteiger partial charge in [0.2, 0.25) is 17.7 Å². The van der Waals surface area contributed by atoms with Crippen LogP contribution >= 0.6 is 0 Å². The molecule has 33 heavy (non-hydrogen) atoms. The summed E-state index contributed by atoms with van der Waals surface area (Å²) in [5.74, 6) is -5.05. The van der Waals surface area contributed by atoms with Crippen molar-refractivity contribution in [1.82, 2.24) is 10.6 Å². The van der Waals surface area contributed by atoms with E-state index in [4.69, 9.17) is 21.7 Å². The van der Waals surface area contributed by atoms with Crippen LogP contribution in [0.15, 0.2) is 24.0 Å². The van der Waals surface area contributed by atoms with Gasteiger partial charge in [0.25, 0.3) is 0 Å². The second-order valence-electron chi connectivity index (χ2n) is 7.22. The molecule has 0 saturated carbocycles. The maximum absolute atomic E-state index is 12.3. The molecule has 0 bridgehead atoms. The van der Waals surface area contributed by atoms with Crippen LogP contribution in [0.4, 0.5) is 0 Å². The van der Waals surface area contributed by atoms with E-state index in [9.17, 15) is 32.4 Å². The van der Waals surface area contributed by atoms with E-state index in [1.165, 1.54) is 0 Å². The zero-order chi connectivity index (χ0) is 26.4. The van der Waals surface area contributed by atoms with Crippen molar-refractivity contribution < 1.29 is 42.6 Å². The summed E-state index contributed by atoms with van der Waals surface area (Å²) in [7, 11) is -3.13. The Bertz CT molecular complexity index is 826. The average Bonchev–Trinajstić information content (AvgIpc) is 2.70. The van der Waals surface area contributed by atoms with E-state index < -0.39 is 64.0 Å². The zero-order valence-electron chi connectivity index (χ0n) is 18.5. The first-order valence-corrected chi connectivity index (χ1v) is 11.3. The number of carboxylic acids is 2. The van der Waals surface area contributed by atoms with Crippen LogP contribution in [-0.4, -0.2) is 66.4 Å². The van der Waals surface area contributed by atoms with E-state index in [0.717, 1.165) is 10.8 Å². The third kappa shape index (κ3) is 16.1. The Morgan fingerprint density at radius 1 is 0.970 bits per heavy atom. The topological polar surface area (TPSA) is 236 Å². The van der Waals surface area contributed by atoms with Crippen molar-refractivity contribution in [2.24, 2.45) is 17.4 Å². The van der Waals surface area contributed by atoms with Crippen LogP contribution in [-0.2, 0) is 33.8 Å². The van der Waals surface area contributed by atoms with Gasteiger partial charge in [0.05, 0.1) is 12.5 Å². The zero-order valence-corrected chi connectivity index (χ0v) is 19.3. The van der Waals surface area contributed by atoms with E-state index in [0.29, 0.717) is 0 Å². The molecule has 0 radical (unpaired) electrons. The molecular formula is C19H32N4O9S. The van der Waals surface area contributed by atoms with Crippen molar-refractivity contribution in [2.75, 3.05) is 0 Å². The Balaban J connectivity index is 0. The van der Waals surface area contributed by atoms with Crippen molar-refractivity contribution in [2.45, 2.75) is 57.7 Å². The molecule has 8 N–H and O–H groups in total. The molecule has 0 aromatic rings. The second-order valence-corrected chi connectivity index (χ2v) is 9.07. The second kappa shape index (κ2) is 15.5. The Hall–Kier alpha value is -3.26. The number of rotatable bonds is 14. The van der Waals surface area contributed by atoms with Gasteiger partial charge in [-0.05, 0) is 18.8 Å². The highest BCUT2D eigenvalue weighted by atomic mass is 32.2. The first-order chi connectivity index (χ1) is 15.1. The lowest BCUT2D eigenvalue weighted by molar-refractivity contribution is -0.142. The number of hydrogen-bond donors (Lipinski definition) is 6. The van der Waals surface area contributed by atoms with E-state index in [1.807, 2.05) is 0 Å². The maximum atomic E-state index is 12.3. The summed E-state index contributed by atoms with van der Waals surface area (Å²) >= 11 is 0. The van der Waals surface area contributed by atoms with Crippen molar-refractivity contribution in [3.05, 3.63) is 24.0 Å². The van der Waals surface area contributed by atoms with Crippen LogP contribution in [0.2, 0.25) is 0 Å². The number of carbonyl (C=O) groups excluding carboxylic acids is 3. The number of nitrogens with one attached hydrogen (secondary N) is 2. The Morgan fingerprint density at radius 2 is 1.45 bits per heavy atom. The van der Waals surface area contributed by atoms with Crippen LogP contribution in [0.25, 0.3) is 0 Å². The lowest BCUT2D eigenvalue weighted by Crippen LogP contribution is -2.55. The first-order valence-electron chi connectivity index (χ1n) is 9.65. The molecule has 13 nitrogen and oxygen atoms in total. The van der Waals surface area contributed by atoms with Crippen molar-refractivity contribution >= 4 is 39.5 Å². The maximum Gasteiger partial charge on any atom is 0.326 e. The predicted octanol–water partition coefficient (Wildman–Crippen LogP) is -1.16. The minimum Gasteiger partial charge on any atom is -0.481 e. The molecule has 3 atom stereocenters. The van der Waals surface area contributed by atoms with Crippen molar-refractivity contribution in [1.29, 1.82) is 0 Å². The van der Waals surface area contributed by atoms with Gasteiger partial charge in [0, 0.05) is 17.2 Å². The molecule has 0 unspecified atom stereocenters. The summed E-state index contributed by atoms with van der Waals surface area (Å²) in [4.78, 5) is 57.1. The summed E-state index contributed by atoms with van der Waals surface area (Å²) in [5, 5.41) is 23.9. The largest absolute Gasteiger partial charge is 0.481 e. The van der Waals surface area contributed by atoms with Crippen LogP contribution in [0.5, 0.6) is 0 Å². The fourth-order valence-corrected chi connectivity index (χ4v) is 2.27. The molecule has 0 rings (SSSR count). The molecule has 0 aromatic heterocycles. The highest BCUT2D eigenvalue weighted by Gasteiger charge is 2.29. The molecule has 0 aliphatic carbocycles. The van der Waals surface area contributed by atoms with Gasteiger partial charge < -0.3 is 32.3 Å². The number of carboxylic acid groups (broad SMARTS) is 2. The number of hydrogen-bond acceptors (Lipinski definition) is 8. The van der Waals surface area contributed by atoms with Gasteiger partial charge in [-0.2, -0.15) is 0 Å². The van der Waals surface area contributed by atoms with Crippen LogP contribution < -0.4 is 22.1 Å². The van der Waals surface area contributed by atoms with Crippen molar-refractivity contribution in [3.63, 3.8) is 0 Å². The van der Waals surface area contributed by atoms with Crippen LogP contribution in [0.1, 0.15) is 39.5 Å². The number of sulfone groups is 1. The molecule has 0 fully saturated rings. The molecule has 0 aliphatic heterocycles. The van der Waals surface area contributed by atoms with Gasteiger partial charge >= 0.3 is 11.9 Å². The van der Waals surface area contributed by atoms with Gasteiger partial charge in [-0.25, -0.2) is 13.2 Å². The van der Waals surface area contributed by atoms with Crippen molar-refractivity contribution in [3.8, 4) is 0 Å². The third-order valence-electron chi connectivity index (χ3n) is 3.83. The number of aliphatic carboxylic acids is 2. The van der Waals surface area contributed by atoms with Gasteiger partial charge in [-0.1, -0.05) is 27.0 Å². The number of nitrogens with two attached hydrogens (primary N) is 2. The highest BCUT2D eigenvalue weighted by Crippen LogP contribution is 2.06. The fraction of sp³-hybridized carbons (Fsp3) is 0.526. The smallest absolute Gasteiger partial charge is 0.326 e. The Morgan fingerprint density at radius 3 is 1.79 bits per heavy atom. The number of primary amides is 1. The van der Waals surface area contributed by atoms with Crippen LogP contribution in [0.3, 0.4) is 0 Å². The van der Waals surface area contributed by atoms with E-state index >= 15 is 0 Å². The molecule has 3 amide bonds. The molecule has 0 spiro atoms. The summed E-state index contributed by atoms with van der Waals surface area (Å²) in [6.45, 7) is 9.63. The Labute approximate surface area is 192 Å². The molecular weight excluding hydrogens is 460 g/mol. The molecule has 0 saturated heterocycles. The van der Waals surface area contributed by atoms with Crippen LogP contribution in [0, 0.1) is 5.92 Å². The van der Waals surface area contributed by atoms with E-state index in [1.54, 1.807) is 13.8 Å². The quantitative estimate of drug-likeness (QED) is 0.170. The number of carbonyl (C=O) groups is 5. The molecule has 0 aliphatic rings. The SMILES string of the molecule is C=CS(=O)(=O)C=C.CC(C)C[C@H](NC(=O)[C@H](CC(N)=O)NC(=O)[C@@H](N)CCC(=O)O)C(=O)O. The molecule has 0 aromatic carbocycles. The Kier molecular flexibility index (Phi) is 15.0. The van der Waals surface area contributed by atoms with Gasteiger partial charge in [0.15, 0.2) is 9.84 Å². The third-order valence-corrected chi connectivity index (χ3v) is 4.76. The normalized spacial score (nSPS) is 13.3. The monoisotopic (exact) mass is 492 g/mol. The summed E-state index contributed by atoms with van der Waals surface area (Å²) in [6, 6.07) is -3.82. The average molecular weight is 493 g/mol. The van der Waals surface area contributed by atoms with E-state index in [-0.39, 0.29) is 25.2 Å². The first kappa shape index (κ1) is 31.9. The van der Waals surface area contributed by atoms with Gasteiger partial charge in [0.1, 0.15) is 12.1 Å². The highest BCUT2D eigenvalue weighted by molar-refractivity contribution is 7.97. The number of amides is 3. The molecule has 0 heterocycles.